The molecule has 0 bridgehead atoms. The lowest BCUT2D eigenvalue weighted by atomic mass is 10.3. The van der Waals surface area contributed by atoms with E-state index in [4.69, 9.17) is 5.11 Å². The first-order valence-corrected chi connectivity index (χ1v) is 6.16. The number of aliphatic hydroxyl groups excluding tert-OH is 1. The number of halogens is 1. The standard InChI is InChI=1S/C10H14BrN5O/c1-3-16-9(10(11)7(2)13-16)5-15-4-8(6-17)12-14-15/h4,17H,3,5-6H2,1-2H3. The van der Waals surface area contributed by atoms with Crippen molar-refractivity contribution >= 4 is 15.9 Å². The Morgan fingerprint density at radius 2 is 2.24 bits per heavy atom. The quantitative estimate of drug-likeness (QED) is 0.918. The molecule has 6 nitrogen and oxygen atoms in total. The van der Waals surface area contributed by atoms with Crippen LogP contribution in [0.25, 0.3) is 0 Å². The van der Waals surface area contributed by atoms with Crippen LogP contribution in [0, 0.1) is 6.92 Å². The third-order valence-corrected chi connectivity index (χ3v) is 3.54. The van der Waals surface area contributed by atoms with Gasteiger partial charge in [0.05, 0.1) is 35.2 Å². The van der Waals surface area contributed by atoms with Crippen molar-refractivity contribution in [2.24, 2.45) is 0 Å². The van der Waals surface area contributed by atoms with Gasteiger partial charge in [-0.05, 0) is 29.8 Å². The van der Waals surface area contributed by atoms with Crippen LogP contribution in [0.1, 0.15) is 24.0 Å². The summed E-state index contributed by atoms with van der Waals surface area (Å²) in [5.74, 6) is 0. The van der Waals surface area contributed by atoms with Crippen LogP contribution >= 0.6 is 15.9 Å². The van der Waals surface area contributed by atoms with Crippen molar-refractivity contribution in [3.63, 3.8) is 0 Å². The van der Waals surface area contributed by atoms with Gasteiger partial charge in [-0.2, -0.15) is 5.10 Å². The van der Waals surface area contributed by atoms with Crippen LogP contribution in [0.4, 0.5) is 0 Å². The molecule has 2 heterocycles. The summed E-state index contributed by atoms with van der Waals surface area (Å²) >= 11 is 3.53. The average molecular weight is 300 g/mol. The van der Waals surface area contributed by atoms with E-state index in [1.807, 2.05) is 18.5 Å². The largest absolute Gasteiger partial charge is 0.390 e. The first-order chi connectivity index (χ1) is 8.15. The number of hydrogen-bond acceptors (Lipinski definition) is 4. The fourth-order valence-corrected chi connectivity index (χ4v) is 2.07. The summed E-state index contributed by atoms with van der Waals surface area (Å²) in [6.07, 6.45) is 1.73. The fraction of sp³-hybridized carbons (Fsp3) is 0.500. The molecular weight excluding hydrogens is 286 g/mol. The molecule has 0 amide bonds. The van der Waals surface area contributed by atoms with Crippen molar-refractivity contribution in [1.82, 2.24) is 24.8 Å². The van der Waals surface area contributed by atoms with E-state index in [1.165, 1.54) is 0 Å². The van der Waals surface area contributed by atoms with Gasteiger partial charge in [0.25, 0.3) is 0 Å². The lowest BCUT2D eigenvalue weighted by Gasteiger charge is -2.04. The monoisotopic (exact) mass is 299 g/mol. The van der Waals surface area contributed by atoms with Gasteiger partial charge in [0.2, 0.25) is 0 Å². The Morgan fingerprint density at radius 3 is 2.82 bits per heavy atom. The lowest BCUT2D eigenvalue weighted by molar-refractivity contribution is 0.276. The zero-order chi connectivity index (χ0) is 12.4. The Balaban J connectivity index is 2.28. The van der Waals surface area contributed by atoms with Crippen molar-refractivity contribution in [1.29, 1.82) is 0 Å². The van der Waals surface area contributed by atoms with Gasteiger partial charge in [-0.3, -0.25) is 4.68 Å². The second-order valence-corrected chi connectivity index (χ2v) is 4.52. The molecule has 0 atom stereocenters. The molecule has 0 radical (unpaired) electrons. The molecule has 0 saturated carbocycles. The highest BCUT2D eigenvalue weighted by molar-refractivity contribution is 9.10. The highest BCUT2D eigenvalue weighted by Gasteiger charge is 2.13. The molecule has 92 valence electrons. The zero-order valence-corrected chi connectivity index (χ0v) is 11.3. The van der Waals surface area contributed by atoms with Gasteiger partial charge >= 0.3 is 0 Å². The molecule has 0 saturated heterocycles. The smallest absolute Gasteiger partial charge is 0.108 e. The van der Waals surface area contributed by atoms with E-state index in [0.717, 1.165) is 22.4 Å². The second kappa shape index (κ2) is 4.97. The number of aliphatic hydroxyl groups is 1. The minimum atomic E-state index is -0.0900. The highest BCUT2D eigenvalue weighted by atomic mass is 79.9. The molecule has 0 aliphatic rings. The molecule has 0 aliphatic carbocycles. The van der Waals surface area contributed by atoms with Crippen LogP contribution in [0.5, 0.6) is 0 Å². The van der Waals surface area contributed by atoms with Gasteiger partial charge in [-0.1, -0.05) is 5.21 Å². The van der Waals surface area contributed by atoms with Gasteiger partial charge < -0.3 is 5.11 Å². The van der Waals surface area contributed by atoms with Gasteiger partial charge in [0, 0.05) is 6.54 Å². The number of aromatic nitrogens is 5. The van der Waals surface area contributed by atoms with Crippen molar-refractivity contribution < 1.29 is 5.11 Å². The molecule has 2 aromatic rings. The van der Waals surface area contributed by atoms with Gasteiger partial charge in [0.1, 0.15) is 5.69 Å². The minimum absolute atomic E-state index is 0.0900. The number of aryl methyl sites for hydroxylation is 2. The van der Waals surface area contributed by atoms with Gasteiger partial charge in [0.15, 0.2) is 0 Å². The Hall–Kier alpha value is -1.21. The van der Waals surface area contributed by atoms with Gasteiger partial charge in [-0.15, -0.1) is 5.10 Å². The van der Waals surface area contributed by atoms with Crippen LogP contribution < -0.4 is 0 Å². The number of rotatable bonds is 4. The van der Waals surface area contributed by atoms with E-state index in [2.05, 4.69) is 31.3 Å². The minimum Gasteiger partial charge on any atom is -0.390 e. The van der Waals surface area contributed by atoms with E-state index in [0.29, 0.717) is 12.2 Å². The Bertz CT molecular complexity index is 519. The van der Waals surface area contributed by atoms with Gasteiger partial charge in [-0.25, -0.2) is 4.68 Å². The Morgan fingerprint density at radius 1 is 1.47 bits per heavy atom. The predicted octanol–water partition coefficient (Wildman–Crippen LogP) is 1.11. The Labute approximate surface area is 107 Å². The summed E-state index contributed by atoms with van der Waals surface area (Å²) in [6.45, 7) is 5.31. The maximum Gasteiger partial charge on any atom is 0.108 e. The molecule has 7 heteroatoms. The summed E-state index contributed by atoms with van der Waals surface area (Å²) in [5.41, 5.74) is 2.59. The van der Waals surface area contributed by atoms with E-state index in [9.17, 15) is 0 Å². The van der Waals surface area contributed by atoms with Crippen LogP contribution in [-0.4, -0.2) is 29.9 Å². The van der Waals surface area contributed by atoms with E-state index >= 15 is 0 Å². The number of nitrogens with zero attached hydrogens (tertiary/aromatic N) is 5. The summed E-state index contributed by atoms with van der Waals surface area (Å²) in [7, 11) is 0. The molecule has 2 rings (SSSR count). The molecule has 1 N–H and O–H groups in total. The van der Waals surface area contributed by atoms with Crippen LogP contribution in [0.3, 0.4) is 0 Å². The first-order valence-electron chi connectivity index (χ1n) is 5.37. The van der Waals surface area contributed by atoms with E-state index in [1.54, 1.807) is 10.9 Å². The van der Waals surface area contributed by atoms with Crippen molar-refractivity contribution in [3.8, 4) is 0 Å². The molecule has 0 unspecified atom stereocenters. The molecule has 17 heavy (non-hydrogen) atoms. The zero-order valence-electron chi connectivity index (χ0n) is 9.76. The maximum atomic E-state index is 8.93. The molecule has 0 fully saturated rings. The second-order valence-electron chi connectivity index (χ2n) is 3.73. The lowest BCUT2D eigenvalue weighted by Crippen LogP contribution is -2.09. The normalized spacial score (nSPS) is 11.1. The van der Waals surface area contributed by atoms with Crippen LogP contribution in [0.15, 0.2) is 10.7 Å². The van der Waals surface area contributed by atoms with Crippen molar-refractivity contribution in [2.75, 3.05) is 0 Å². The molecule has 2 aromatic heterocycles. The van der Waals surface area contributed by atoms with Crippen LogP contribution in [-0.2, 0) is 19.7 Å². The molecule has 0 spiro atoms. The Kier molecular flexibility index (Phi) is 3.58. The highest BCUT2D eigenvalue weighted by Crippen LogP contribution is 2.21. The summed E-state index contributed by atoms with van der Waals surface area (Å²) < 4.78 is 4.62. The summed E-state index contributed by atoms with van der Waals surface area (Å²) in [4.78, 5) is 0. The molecule has 0 aromatic carbocycles. The van der Waals surface area contributed by atoms with E-state index in [-0.39, 0.29) is 6.61 Å². The first kappa shape index (κ1) is 12.3. The number of hydrogen-bond donors (Lipinski definition) is 1. The predicted molar refractivity (Wildman–Crippen MR) is 65.4 cm³/mol. The van der Waals surface area contributed by atoms with E-state index < -0.39 is 0 Å². The van der Waals surface area contributed by atoms with Crippen LogP contribution in [0.2, 0.25) is 0 Å². The van der Waals surface area contributed by atoms with Crippen molar-refractivity contribution in [2.45, 2.75) is 33.5 Å². The molecular formula is C10H14BrN5O. The third-order valence-electron chi connectivity index (χ3n) is 2.51. The topological polar surface area (TPSA) is 68.8 Å². The maximum absolute atomic E-state index is 8.93. The average Bonchev–Trinajstić information content (AvgIpc) is 2.89. The SMILES string of the molecule is CCn1nc(C)c(Br)c1Cn1cc(CO)nn1. The van der Waals surface area contributed by atoms with Crippen molar-refractivity contribution in [3.05, 3.63) is 27.8 Å². The summed E-state index contributed by atoms with van der Waals surface area (Å²) in [6, 6.07) is 0. The summed E-state index contributed by atoms with van der Waals surface area (Å²) in [5, 5.41) is 21.1. The fourth-order valence-electron chi connectivity index (χ4n) is 1.66. The molecule has 0 aliphatic heterocycles. The third kappa shape index (κ3) is 2.39.